The van der Waals surface area contributed by atoms with Crippen LogP contribution in [0.4, 0.5) is 17.1 Å². The van der Waals surface area contributed by atoms with Crippen LogP contribution in [0.2, 0.25) is 0 Å². The molecule has 104 valence electrons. The molecule has 20 heavy (non-hydrogen) atoms. The van der Waals surface area contributed by atoms with Gasteiger partial charge in [0.25, 0.3) is 5.91 Å². The number of carbonyl (C=O) groups excluding carboxylic acids is 1. The molecule has 0 spiro atoms. The molecule has 0 aliphatic carbocycles. The number of rotatable bonds is 3. The number of nitrogen functional groups attached to an aromatic ring is 1. The van der Waals surface area contributed by atoms with Crippen LogP contribution in [0.15, 0.2) is 42.5 Å². The van der Waals surface area contributed by atoms with Crippen molar-refractivity contribution in [1.82, 2.24) is 0 Å². The van der Waals surface area contributed by atoms with Gasteiger partial charge in [-0.25, -0.2) is 0 Å². The number of benzene rings is 2. The Hall–Kier alpha value is -2.69. The second-order valence-electron chi connectivity index (χ2n) is 4.64. The third kappa shape index (κ3) is 2.83. The zero-order valence-corrected chi connectivity index (χ0v) is 11.4. The molecule has 0 aliphatic heterocycles. The van der Waals surface area contributed by atoms with E-state index in [1.165, 1.54) is 12.1 Å². The minimum Gasteiger partial charge on any atom is -0.505 e. The van der Waals surface area contributed by atoms with E-state index in [0.717, 1.165) is 5.69 Å². The van der Waals surface area contributed by atoms with E-state index in [4.69, 9.17) is 5.73 Å². The molecule has 2 aromatic carbocycles. The number of phenolic OH excluding ortho intramolecular Hbond substituents is 1. The van der Waals surface area contributed by atoms with Crippen LogP contribution in [0.5, 0.6) is 5.75 Å². The number of nitrogens with zero attached hydrogens (tertiary/aromatic N) is 1. The van der Waals surface area contributed by atoms with Crippen LogP contribution in [0.3, 0.4) is 0 Å². The molecule has 0 fully saturated rings. The van der Waals surface area contributed by atoms with Crippen LogP contribution in [0.1, 0.15) is 10.4 Å². The first-order valence-electron chi connectivity index (χ1n) is 6.15. The second-order valence-corrected chi connectivity index (χ2v) is 4.64. The first kappa shape index (κ1) is 13.7. The monoisotopic (exact) mass is 271 g/mol. The van der Waals surface area contributed by atoms with Gasteiger partial charge in [-0.3, -0.25) is 4.79 Å². The predicted molar refractivity (Wildman–Crippen MR) is 81.2 cm³/mol. The van der Waals surface area contributed by atoms with E-state index in [1.807, 2.05) is 31.1 Å². The number of hydrogen-bond donors (Lipinski definition) is 3. The van der Waals surface area contributed by atoms with Crippen molar-refractivity contribution in [2.24, 2.45) is 0 Å². The molecule has 1 amide bonds. The highest BCUT2D eigenvalue weighted by Gasteiger charge is 2.13. The molecule has 0 aliphatic rings. The standard InChI is InChI=1S/C15H17N3O2/c1-18(2)11-8-6-10(7-9-11)17-15(20)12-4-3-5-13(16)14(12)19/h3-9,19H,16H2,1-2H3,(H,17,20). The molecule has 0 bridgehead atoms. The van der Waals surface area contributed by atoms with Gasteiger partial charge in [-0.05, 0) is 36.4 Å². The summed E-state index contributed by atoms with van der Waals surface area (Å²) >= 11 is 0. The van der Waals surface area contributed by atoms with Crippen molar-refractivity contribution in [3.63, 3.8) is 0 Å². The molecular formula is C15H17N3O2. The Morgan fingerprint density at radius 2 is 1.80 bits per heavy atom. The molecule has 5 nitrogen and oxygen atoms in total. The summed E-state index contributed by atoms with van der Waals surface area (Å²) in [5.74, 6) is -0.595. The van der Waals surface area contributed by atoms with Crippen molar-refractivity contribution in [3.8, 4) is 5.75 Å². The Bertz CT molecular complexity index is 622. The highest BCUT2D eigenvalue weighted by molar-refractivity contribution is 6.07. The number of phenols is 1. The molecular weight excluding hydrogens is 254 g/mol. The van der Waals surface area contributed by atoms with Crippen molar-refractivity contribution < 1.29 is 9.90 Å². The average Bonchev–Trinajstić information content (AvgIpc) is 2.42. The first-order chi connectivity index (χ1) is 9.49. The molecule has 0 radical (unpaired) electrons. The molecule has 0 saturated carbocycles. The summed E-state index contributed by atoms with van der Waals surface area (Å²) in [5.41, 5.74) is 7.60. The first-order valence-corrected chi connectivity index (χ1v) is 6.15. The topological polar surface area (TPSA) is 78.6 Å². The number of aromatic hydroxyl groups is 1. The Labute approximate surface area is 117 Å². The lowest BCUT2D eigenvalue weighted by molar-refractivity contribution is 0.102. The van der Waals surface area contributed by atoms with Crippen molar-refractivity contribution in [2.45, 2.75) is 0 Å². The SMILES string of the molecule is CN(C)c1ccc(NC(=O)c2cccc(N)c2O)cc1. The van der Waals surface area contributed by atoms with Gasteiger partial charge in [0, 0.05) is 25.5 Å². The Morgan fingerprint density at radius 1 is 1.15 bits per heavy atom. The van der Waals surface area contributed by atoms with Crippen LogP contribution in [-0.4, -0.2) is 25.1 Å². The number of hydrogen-bond acceptors (Lipinski definition) is 4. The van der Waals surface area contributed by atoms with Crippen molar-refractivity contribution in [3.05, 3.63) is 48.0 Å². The Kier molecular flexibility index (Phi) is 3.79. The molecule has 5 heteroatoms. The van der Waals surface area contributed by atoms with Gasteiger partial charge in [-0.15, -0.1) is 0 Å². The van der Waals surface area contributed by atoms with Gasteiger partial charge in [0.1, 0.15) is 0 Å². The summed E-state index contributed by atoms with van der Waals surface area (Å²) in [6.45, 7) is 0. The van der Waals surface area contributed by atoms with E-state index in [0.29, 0.717) is 5.69 Å². The summed E-state index contributed by atoms with van der Waals surface area (Å²) in [5, 5.41) is 12.5. The summed E-state index contributed by atoms with van der Waals surface area (Å²) in [6, 6.07) is 12.1. The van der Waals surface area contributed by atoms with Gasteiger partial charge in [-0.2, -0.15) is 0 Å². The molecule has 2 aromatic rings. The molecule has 4 N–H and O–H groups in total. The molecule has 0 heterocycles. The van der Waals surface area contributed by atoms with Crippen LogP contribution in [0, 0.1) is 0 Å². The smallest absolute Gasteiger partial charge is 0.259 e. The number of anilines is 3. The van der Waals surface area contributed by atoms with Gasteiger partial charge < -0.3 is 21.1 Å². The number of nitrogens with one attached hydrogen (secondary N) is 1. The second kappa shape index (κ2) is 5.52. The Balaban J connectivity index is 2.17. The number of amides is 1. The van der Waals surface area contributed by atoms with Gasteiger partial charge in [0.15, 0.2) is 5.75 Å². The van der Waals surface area contributed by atoms with Crippen LogP contribution < -0.4 is 16.0 Å². The number of carbonyl (C=O) groups is 1. The van der Waals surface area contributed by atoms with Crippen molar-refractivity contribution in [1.29, 1.82) is 0 Å². The van der Waals surface area contributed by atoms with Crippen LogP contribution in [-0.2, 0) is 0 Å². The van der Waals surface area contributed by atoms with E-state index in [1.54, 1.807) is 18.2 Å². The van der Waals surface area contributed by atoms with Gasteiger partial charge in [0.05, 0.1) is 11.3 Å². The number of para-hydroxylation sites is 1. The summed E-state index contributed by atoms with van der Waals surface area (Å²) < 4.78 is 0. The van der Waals surface area contributed by atoms with E-state index in [-0.39, 0.29) is 17.0 Å². The van der Waals surface area contributed by atoms with E-state index in [2.05, 4.69) is 5.32 Å². The minimum absolute atomic E-state index is 0.154. The molecule has 0 atom stereocenters. The van der Waals surface area contributed by atoms with Crippen molar-refractivity contribution >= 4 is 23.0 Å². The van der Waals surface area contributed by atoms with Gasteiger partial charge >= 0.3 is 0 Å². The highest BCUT2D eigenvalue weighted by Crippen LogP contribution is 2.25. The quantitative estimate of drug-likeness (QED) is 0.591. The van der Waals surface area contributed by atoms with E-state index in [9.17, 15) is 9.90 Å². The van der Waals surface area contributed by atoms with E-state index >= 15 is 0 Å². The molecule has 0 aromatic heterocycles. The fraction of sp³-hybridized carbons (Fsp3) is 0.133. The fourth-order valence-corrected chi connectivity index (χ4v) is 1.79. The maximum absolute atomic E-state index is 12.1. The summed E-state index contributed by atoms with van der Waals surface area (Å²) in [6.07, 6.45) is 0. The summed E-state index contributed by atoms with van der Waals surface area (Å²) in [7, 11) is 3.89. The predicted octanol–water partition coefficient (Wildman–Crippen LogP) is 2.29. The van der Waals surface area contributed by atoms with Crippen LogP contribution in [0.25, 0.3) is 0 Å². The third-order valence-electron chi connectivity index (χ3n) is 2.95. The van der Waals surface area contributed by atoms with Gasteiger partial charge in [-0.1, -0.05) is 6.07 Å². The zero-order valence-electron chi connectivity index (χ0n) is 11.4. The highest BCUT2D eigenvalue weighted by atomic mass is 16.3. The van der Waals surface area contributed by atoms with Crippen molar-refractivity contribution in [2.75, 3.05) is 30.0 Å². The van der Waals surface area contributed by atoms with Gasteiger partial charge in [0.2, 0.25) is 0 Å². The Morgan fingerprint density at radius 3 is 2.40 bits per heavy atom. The lowest BCUT2D eigenvalue weighted by atomic mass is 10.1. The fourth-order valence-electron chi connectivity index (χ4n) is 1.79. The molecule has 0 saturated heterocycles. The lowest BCUT2D eigenvalue weighted by Crippen LogP contribution is -2.13. The lowest BCUT2D eigenvalue weighted by Gasteiger charge is -2.13. The largest absolute Gasteiger partial charge is 0.505 e. The van der Waals surface area contributed by atoms with Crippen LogP contribution >= 0.6 is 0 Å². The number of nitrogens with two attached hydrogens (primary N) is 1. The molecule has 2 rings (SSSR count). The average molecular weight is 271 g/mol. The summed E-state index contributed by atoms with van der Waals surface area (Å²) in [4.78, 5) is 14.0. The minimum atomic E-state index is -0.396. The maximum atomic E-state index is 12.1. The maximum Gasteiger partial charge on any atom is 0.259 e. The normalized spacial score (nSPS) is 10.1. The van der Waals surface area contributed by atoms with E-state index < -0.39 is 5.91 Å². The zero-order chi connectivity index (χ0) is 14.7. The molecule has 0 unspecified atom stereocenters. The third-order valence-corrected chi connectivity index (χ3v) is 2.95.